The van der Waals surface area contributed by atoms with Crippen molar-refractivity contribution in [2.75, 3.05) is 0 Å². The van der Waals surface area contributed by atoms with Crippen LogP contribution in [0.25, 0.3) is 21.8 Å². The molecule has 3 aromatic rings. The van der Waals surface area contributed by atoms with E-state index in [9.17, 15) is 0 Å². The highest BCUT2D eigenvalue weighted by Gasteiger charge is 2.10. The lowest BCUT2D eigenvalue weighted by molar-refractivity contribution is 1.07. The number of hydrogen-bond donors (Lipinski definition) is 1. The third-order valence-electron chi connectivity index (χ3n) is 3.15. The van der Waals surface area contributed by atoms with E-state index in [1.807, 2.05) is 41.8 Å². The van der Waals surface area contributed by atoms with Crippen molar-refractivity contribution >= 4 is 34.5 Å². The number of benzene rings is 2. The molecule has 0 atom stereocenters. The van der Waals surface area contributed by atoms with Crippen LogP contribution in [-0.2, 0) is 6.54 Å². The molecule has 0 spiro atoms. The molecule has 0 aliphatic rings. The number of thiazole rings is 1. The van der Waals surface area contributed by atoms with Crippen LogP contribution in [0.15, 0.2) is 47.8 Å². The van der Waals surface area contributed by atoms with Gasteiger partial charge in [-0.1, -0.05) is 47.5 Å². The summed E-state index contributed by atoms with van der Waals surface area (Å²) < 4.78 is 0. The van der Waals surface area contributed by atoms with Crippen LogP contribution in [0.4, 0.5) is 0 Å². The van der Waals surface area contributed by atoms with Crippen molar-refractivity contribution in [1.82, 2.24) is 4.98 Å². The van der Waals surface area contributed by atoms with Crippen LogP contribution < -0.4 is 5.73 Å². The molecule has 1 heterocycles. The fourth-order valence-electron chi connectivity index (χ4n) is 2.01. The molecule has 1 aromatic heterocycles. The van der Waals surface area contributed by atoms with Gasteiger partial charge in [-0.25, -0.2) is 4.98 Å². The Hall–Kier alpha value is -1.39. The van der Waals surface area contributed by atoms with Crippen molar-refractivity contribution in [3.05, 3.63) is 63.5 Å². The van der Waals surface area contributed by atoms with E-state index in [4.69, 9.17) is 28.9 Å². The van der Waals surface area contributed by atoms with Gasteiger partial charge < -0.3 is 5.73 Å². The van der Waals surface area contributed by atoms with Gasteiger partial charge in [0.25, 0.3) is 0 Å². The molecular formula is C16H12Cl2N2S. The summed E-state index contributed by atoms with van der Waals surface area (Å²) in [5.74, 6) is 0. The van der Waals surface area contributed by atoms with Crippen LogP contribution in [0.5, 0.6) is 0 Å². The van der Waals surface area contributed by atoms with Crippen molar-refractivity contribution in [1.29, 1.82) is 0 Å². The fourth-order valence-corrected chi connectivity index (χ4v) is 3.34. The molecule has 2 aromatic carbocycles. The second kappa shape index (κ2) is 6.16. The van der Waals surface area contributed by atoms with Gasteiger partial charge in [0.2, 0.25) is 0 Å². The average molecular weight is 335 g/mol. The van der Waals surface area contributed by atoms with Crippen molar-refractivity contribution in [3.8, 4) is 21.8 Å². The normalized spacial score (nSPS) is 10.8. The number of hydrogen-bond acceptors (Lipinski definition) is 3. The van der Waals surface area contributed by atoms with Gasteiger partial charge >= 0.3 is 0 Å². The van der Waals surface area contributed by atoms with Crippen molar-refractivity contribution in [2.45, 2.75) is 6.54 Å². The van der Waals surface area contributed by atoms with E-state index < -0.39 is 0 Å². The summed E-state index contributed by atoms with van der Waals surface area (Å²) in [7, 11) is 0. The number of nitrogens with zero attached hydrogens (tertiary/aromatic N) is 1. The lowest BCUT2D eigenvalue weighted by atomic mass is 10.1. The zero-order chi connectivity index (χ0) is 14.8. The summed E-state index contributed by atoms with van der Waals surface area (Å²) in [6.07, 6.45) is 0. The third kappa shape index (κ3) is 3.11. The maximum atomic E-state index is 6.23. The Morgan fingerprint density at radius 3 is 2.48 bits per heavy atom. The Morgan fingerprint density at radius 1 is 1.05 bits per heavy atom. The van der Waals surface area contributed by atoms with Gasteiger partial charge in [0.1, 0.15) is 5.01 Å². The predicted molar refractivity (Wildman–Crippen MR) is 90.9 cm³/mol. The van der Waals surface area contributed by atoms with Crippen LogP contribution in [0, 0.1) is 0 Å². The molecule has 0 saturated heterocycles. The first-order chi connectivity index (χ1) is 10.2. The lowest BCUT2D eigenvalue weighted by Crippen LogP contribution is -1.95. The monoisotopic (exact) mass is 334 g/mol. The van der Waals surface area contributed by atoms with Gasteiger partial charge in [-0.3, -0.25) is 0 Å². The summed E-state index contributed by atoms with van der Waals surface area (Å²) in [4.78, 5) is 4.66. The van der Waals surface area contributed by atoms with Crippen LogP contribution in [0.2, 0.25) is 10.0 Å². The zero-order valence-corrected chi connectivity index (χ0v) is 13.3. The summed E-state index contributed by atoms with van der Waals surface area (Å²) in [6.45, 7) is 0.545. The maximum absolute atomic E-state index is 6.23. The zero-order valence-electron chi connectivity index (χ0n) is 11.0. The molecule has 0 amide bonds. The Kier molecular flexibility index (Phi) is 4.27. The molecule has 0 radical (unpaired) electrons. The first-order valence-corrected chi connectivity index (χ1v) is 8.01. The summed E-state index contributed by atoms with van der Waals surface area (Å²) in [5.41, 5.74) is 9.55. The highest BCUT2D eigenvalue weighted by atomic mass is 35.5. The Morgan fingerprint density at radius 2 is 1.81 bits per heavy atom. The second-order valence-corrected chi connectivity index (χ2v) is 6.26. The molecule has 0 aliphatic carbocycles. The minimum atomic E-state index is 0.545. The van der Waals surface area contributed by atoms with Crippen molar-refractivity contribution < 1.29 is 0 Å². The van der Waals surface area contributed by atoms with Crippen LogP contribution in [0.1, 0.15) is 5.56 Å². The molecule has 2 N–H and O–H groups in total. The molecule has 0 aliphatic heterocycles. The van der Waals surface area contributed by atoms with Crippen LogP contribution in [-0.4, -0.2) is 4.98 Å². The van der Waals surface area contributed by atoms with Gasteiger partial charge in [0, 0.05) is 28.1 Å². The van der Waals surface area contributed by atoms with Gasteiger partial charge in [0.15, 0.2) is 0 Å². The molecule has 0 fully saturated rings. The molecule has 0 bridgehead atoms. The average Bonchev–Trinajstić information content (AvgIpc) is 2.97. The summed E-state index contributed by atoms with van der Waals surface area (Å²) in [6, 6.07) is 13.5. The molecular weight excluding hydrogens is 323 g/mol. The number of nitrogens with two attached hydrogens (primary N) is 1. The first kappa shape index (κ1) is 14.5. The Labute approximate surface area is 137 Å². The Balaban J connectivity index is 1.95. The van der Waals surface area contributed by atoms with Crippen molar-refractivity contribution in [2.24, 2.45) is 5.73 Å². The van der Waals surface area contributed by atoms with E-state index >= 15 is 0 Å². The van der Waals surface area contributed by atoms with E-state index in [0.29, 0.717) is 16.6 Å². The maximum Gasteiger partial charge on any atom is 0.124 e. The standard InChI is InChI=1S/C16H12Cl2N2S/c17-12-5-6-13(14(18)7-12)15-9-21-16(20-15)11-3-1-10(8-19)2-4-11/h1-7,9H,8,19H2. The first-order valence-electron chi connectivity index (χ1n) is 6.37. The highest BCUT2D eigenvalue weighted by molar-refractivity contribution is 7.13. The van der Waals surface area contributed by atoms with Gasteiger partial charge in [-0.2, -0.15) is 0 Å². The van der Waals surface area contributed by atoms with Crippen molar-refractivity contribution in [3.63, 3.8) is 0 Å². The topological polar surface area (TPSA) is 38.9 Å². The lowest BCUT2D eigenvalue weighted by Gasteiger charge is -2.01. The van der Waals surface area contributed by atoms with Gasteiger partial charge in [-0.15, -0.1) is 11.3 Å². The minimum Gasteiger partial charge on any atom is -0.326 e. The number of aromatic nitrogens is 1. The van der Waals surface area contributed by atoms with E-state index in [2.05, 4.69) is 4.98 Å². The summed E-state index contributed by atoms with van der Waals surface area (Å²) >= 11 is 13.7. The molecule has 0 unspecified atom stereocenters. The molecule has 0 saturated carbocycles. The second-order valence-electron chi connectivity index (χ2n) is 4.56. The molecule has 21 heavy (non-hydrogen) atoms. The number of rotatable bonds is 3. The number of halogens is 2. The van der Waals surface area contributed by atoms with E-state index in [1.54, 1.807) is 17.4 Å². The fraction of sp³-hybridized carbons (Fsp3) is 0.0625. The molecule has 2 nitrogen and oxygen atoms in total. The minimum absolute atomic E-state index is 0.545. The summed E-state index contributed by atoms with van der Waals surface area (Å²) in [5, 5.41) is 4.19. The quantitative estimate of drug-likeness (QED) is 0.711. The largest absolute Gasteiger partial charge is 0.326 e. The Bertz CT molecular complexity index is 766. The van der Waals surface area contributed by atoms with E-state index in [0.717, 1.165) is 27.4 Å². The van der Waals surface area contributed by atoms with Crippen LogP contribution in [0.3, 0.4) is 0 Å². The van der Waals surface area contributed by atoms with Gasteiger partial charge in [-0.05, 0) is 23.8 Å². The molecule has 5 heteroatoms. The SMILES string of the molecule is NCc1ccc(-c2nc(-c3ccc(Cl)cc3Cl)cs2)cc1. The van der Waals surface area contributed by atoms with Gasteiger partial charge in [0.05, 0.1) is 10.7 Å². The molecule has 106 valence electrons. The van der Waals surface area contributed by atoms with Crippen LogP contribution >= 0.6 is 34.5 Å². The molecule has 3 rings (SSSR count). The highest BCUT2D eigenvalue weighted by Crippen LogP contribution is 2.33. The van der Waals surface area contributed by atoms with E-state index in [-0.39, 0.29) is 0 Å². The third-order valence-corrected chi connectivity index (χ3v) is 4.59. The van der Waals surface area contributed by atoms with E-state index in [1.165, 1.54) is 0 Å². The predicted octanol–water partition coefficient (Wildman–Crippen LogP) is 5.24. The smallest absolute Gasteiger partial charge is 0.124 e.